The third-order valence-electron chi connectivity index (χ3n) is 4.85. The Morgan fingerprint density at radius 2 is 1.69 bits per heavy atom. The molecule has 5 aromatic rings. The van der Waals surface area contributed by atoms with Crippen molar-refractivity contribution in [3.05, 3.63) is 87.8 Å². The average Bonchev–Trinajstić information content (AvgIpc) is 2.74. The fourth-order valence-corrected chi connectivity index (χ4v) is 3.68. The molecule has 0 saturated carbocycles. The minimum Gasteiger partial charge on any atom is -0.305 e. The van der Waals surface area contributed by atoms with Crippen molar-refractivity contribution in [1.82, 2.24) is 19.9 Å². The second-order valence-electron chi connectivity index (χ2n) is 6.84. The van der Waals surface area contributed by atoms with E-state index in [1.54, 1.807) is 19.2 Å². The average molecular weight is 399 g/mol. The molecule has 0 aliphatic rings. The summed E-state index contributed by atoms with van der Waals surface area (Å²) in [5, 5.41) is 1.48. The van der Waals surface area contributed by atoms with Gasteiger partial charge in [0, 0.05) is 28.3 Å². The van der Waals surface area contributed by atoms with Gasteiger partial charge in [-0.15, -0.1) is 0 Å². The molecule has 6 heteroatoms. The van der Waals surface area contributed by atoms with Gasteiger partial charge in [-0.25, -0.2) is 9.97 Å². The van der Waals surface area contributed by atoms with E-state index in [0.29, 0.717) is 33.1 Å². The van der Waals surface area contributed by atoms with Gasteiger partial charge in [0.2, 0.25) is 0 Å². The molecule has 0 atom stereocenters. The lowest BCUT2D eigenvalue weighted by Crippen LogP contribution is -2.10. The Hall–Kier alpha value is -3.57. The number of H-pyrrole nitrogens is 1. The maximum atomic E-state index is 12.1. The molecule has 3 heterocycles. The highest BCUT2D eigenvalue weighted by Gasteiger charge is 2.16. The van der Waals surface area contributed by atoms with Crippen molar-refractivity contribution in [3.8, 4) is 22.5 Å². The normalized spacial score (nSPS) is 11.2. The number of fused-ring (bicyclic) bond motifs is 2. The lowest BCUT2D eigenvalue weighted by Gasteiger charge is -2.12. The van der Waals surface area contributed by atoms with Gasteiger partial charge in [-0.2, -0.15) is 0 Å². The fourth-order valence-electron chi connectivity index (χ4n) is 3.40. The predicted molar refractivity (Wildman–Crippen MR) is 116 cm³/mol. The first kappa shape index (κ1) is 17.5. The van der Waals surface area contributed by atoms with Crippen LogP contribution >= 0.6 is 11.6 Å². The third-order valence-corrected chi connectivity index (χ3v) is 5.13. The Bertz CT molecular complexity index is 1440. The van der Waals surface area contributed by atoms with Crippen LogP contribution in [0, 0.1) is 6.92 Å². The van der Waals surface area contributed by atoms with Crippen LogP contribution in [0.1, 0.15) is 5.56 Å². The molecule has 0 aliphatic carbocycles. The van der Waals surface area contributed by atoms with Gasteiger partial charge >= 0.3 is 0 Å². The number of halogens is 1. The molecule has 0 saturated heterocycles. The number of nitrogens with zero attached hydrogens (tertiary/aromatic N) is 3. The molecule has 29 heavy (non-hydrogen) atoms. The summed E-state index contributed by atoms with van der Waals surface area (Å²) in [5.41, 5.74) is 5.36. The molecule has 5 rings (SSSR count). The highest BCUT2D eigenvalue weighted by atomic mass is 35.5. The fraction of sp³-hybridized carbons (Fsp3) is 0.0435. The zero-order valence-electron chi connectivity index (χ0n) is 15.5. The van der Waals surface area contributed by atoms with Gasteiger partial charge in [0.1, 0.15) is 5.52 Å². The molecule has 0 amide bonds. The number of pyridine rings is 2. The Kier molecular flexibility index (Phi) is 4.11. The van der Waals surface area contributed by atoms with E-state index in [1.165, 1.54) is 0 Å². The topological polar surface area (TPSA) is 71.5 Å². The quantitative estimate of drug-likeness (QED) is 0.445. The van der Waals surface area contributed by atoms with Crippen LogP contribution in [0.4, 0.5) is 0 Å². The van der Waals surface area contributed by atoms with Gasteiger partial charge in [0.25, 0.3) is 5.56 Å². The number of hydrogen-bond donors (Lipinski definition) is 1. The van der Waals surface area contributed by atoms with Crippen molar-refractivity contribution in [2.75, 3.05) is 0 Å². The van der Waals surface area contributed by atoms with Crippen molar-refractivity contribution in [1.29, 1.82) is 0 Å². The summed E-state index contributed by atoms with van der Waals surface area (Å²) < 4.78 is 0. The molecule has 1 N–H and O–H groups in total. The molecule has 0 unspecified atom stereocenters. The van der Waals surface area contributed by atoms with Crippen LogP contribution in [-0.4, -0.2) is 19.9 Å². The van der Waals surface area contributed by atoms with Crippen molar-refractivity contribution < 1.29 is 0 Å². The molecule has 0 aliphatic heterocycles. The highest BCUT2D eigenvalue weighted by molar-refractivity contribution is 6.35. The first-order valence-corrected chi connectivity index (χ1v) is 9.50. The van der Waals surface area contributed by atoms with Crippen molar-refractivity contribution in [2.24, 2.45) is 0 Å². The van der Waals surface area contributed by atoms with E-state index in [-0.39, 0.29) is 5.56 Å². The number of rotatable bonds is 2. The van der Waals surface area contributed by atoms with E-state index < -0.39 is 0 Å². The molecule has 2 aromatic carbocycles. The van der Waals surface area contributed by atoms with E-state index in [0.717, 1.165) is 22.0 Å². The van der Waals surface area contributed by atoms with Gasteiger partial charge in [-0.1, -0.05) is 48.0 Å². The van der Waals surface area contributed by atoms with E-state index in [9.17, 15) is 4.79 Å². The van der Waals surface area contributed by atoms with E-state index >= 15 is 0 Å². The molecule has 0 bridgehead atoms. The van der Waals surface area contributed by atoms with E-state index in [2.05, 4.69) is 9.97 Å². The summed E-state index contributed by atoms with van der Waals surface area (Å²) in [5.74, 6) is 0. The van der Waals surface area contributed by atoms with Crippen molar-refractivity contribution >= 4 is 33.7 Å². The molecular formula is C23H15ClN4O. The van der Waals surface area contributed by atoms with Gasteiger partial charge < -0.3 is 4.98 Å². The summed E-state index contributed by atoms with van der Waals surface area (Å²) in [6.07, 6.45) is 1.72. The van der Waals surface area contributed by atoms with Crippen LogP contribution in [0.3, 0.4) is 0 Å². The zero-order chi connectivity index (χ0) is 20.0. The number of hydrogen-bond acceptors (Lipinski definition) is 4. The second-order valence-corrected chi connectivity index (χ2v) is 7.24. The maximum Gasteiger partial charge on any atom is 0.252 e. The molecular weight excluding hydrogens is 384 g/mol. The standard InChI is InChI=1S/C23H15ClN4O/c1-13-10-18-22(28-23(13)29)27-20(14-6-3-2-4-7-14)21(26-18)16-11-15-8-5-9-25-19(15)17(24)12-16/h2-12H,1H3,(H,27,28,29). The summed E-state index contributed by atoms with van der Waals surface area (Å²) in [4.78, 5) is 28.9. The zero-order valence-corrected chi connectivity index (χ0v) is 16.2. The van der Waals surface area contributed by atoms with E-state index in [4.69, 9.17) is 21.6 Å². The van der Waals surface area contributed by atoms with Gasteiger partial charge in [0.15, 0.2) is 5.65 Å². The van der Waals surface area contributed by atoms with Crippen molar-refractivity contribution in [3.63, 3.8) is 0 Å². The summed E-state index contributed by atoms with van der Waals surface area (Å²) in [6.45, 7) is 1.75. The van der Waals surface area contributed by atoms with Crippen molar-refractivity contribution in [2.45, 2.75) is 6.92 Å². The molecule has 5 nitrogen and oxygen atoms in total. The van der Waals surface area contributed by atoms with Crippen LogP contribution in [-0.2, 0) is 0 Å². The summed E-state index contributed by atoms with van der Waals surface area (Å²) >= 11 is 6.52. The number of aromatic nitrogens is 4. The molecule has 140 valence electrons. The first-order chi connectivity index (χ1) is 14.1. The van der Waals surface area contributed by atoms with Gasteiger partial charge in [-0.05, 0) is 31.2 Å². The SMILES string of the molecule is Cc1cc2nc(-c3cc(Cl)c4ncccc4c3)c(-c3ccccc3)nc2[nH]c1=O. The molecule has 0 fully saturated rings. The number of aromatic amines is 1. The second kappa shape index (κ2) is 6.79. The summed E-state index contributed by atoms with van der Waals surface area (Å²) in [7, 11) is 0. The minimum atomic E-state index is -0.168. The summed E-state index contributed by atoms with van der Waals surface area (Å²) in [6, 6.07) is 19.2. The first-order valence-electron chi connectivity index (χ1n) is 9.12. The minimum absolute atomic E-state index is 0.168. The van der Waals surface area contributed by atoms with E-state index in [1.807, 2.05) is 54.6 Å². The highest BCUT2D eigenvalue weighted by Crippen LogP contribution is 2.34. The van der Waals surface area contributed by atoms with Crippen LogP contribution in [0.5, 0.6) is 0 Å². The molecule has 0 spiro atoms. The smallest absolute Gasteiger partial charge is 0.252 e. The lowest BCUT2D eigenvalue weighted by atomic mass is 10.0. The largest absolute Gasteiger partial charge is 0.305 e. The predicted octanol–water partition coefficient (Wildman–Crippen LogP) is 5.16. The number of benzene rings is 2. The van der Waals surface area contributed by atoms with Gasteiger partial charge in [-0.3, -0.25) is 9.78 Å². The number of nitrogens with one attached hydrogen (secondary N) is 1. The molecule has 3 aromatic heterocycles. The molecule has 0 radical (unpaired) electrons. The number of aryl methyl sites for hydroxylation is 1. The Morgan fingerprint density at radius 3 is 2.52 bits per heavy atom. The monoisotopic (exact) mass is 398 g/mol. The Balaban J connectivity index is 1.86. The maximum absolute atomic E-state index is 12.1. The van der Waals surface area contributed by atoms with Gasteiger partial charge in [0.05, 0.1) is 21.9 Å². The van der Waals surface area contributed by atoms with Crippen LogP contribution in [0.15, 0.2) is 71.7 Å². The lowest BCUT2D eigenvalue weighted by molar-refractivity contribution is 1.16. The van der Waals surface area contributed by atoms with Crippen LogP contribution in [0.25, 0.3) is 44.6 Å². The van der Waals surface area contributed by atoms with Crippen LogP contribution in [0.2, 0.25) is 5.02 Å². The Morgan fingerprint density at radius 1 is 0.897 bits per heavy atom. The van der Waals surface area contributed by atoms with Crippen LogP contribution < -0.4 is 5.56 Å². The third kappa shape index (κ3) is 3.05. The Labute approximate surface area is 171 Å².